The lowest BCUT2D eigenvalue weighted by Crippen LogP contribution is -2.29. The van der Waals surface area contributed by atoms with Gasteiger partial charge < -0.3 is 19.4 Å². The summed E-state index contributed by atoms with van der Waals surface area (Å²) in [4.78, 5) is 17.4. The molecule has 1 aliphatic rings. The van der Waals surface area contributed by atoms with Crippen LogP contribution in [-0.4, -0.2) is 15.0 Å². The molecule has 0 spiro atoms. The molecule has 6 rings (SSSR count). The van der Waals surface area contributed by atoms with Crippen molar-refractivity contribution in [2.24, 2.45) is 0 Å². The Balaban J connectivity index is 1.36. The molecule has 5 aromatic rings. The first-order valence-electron chi connectivity index (χ1n) is 12.2. The van der Waals surface area contributed by atoms with Crippen LogP contribution in [0.25, 0.3) is 11.3 Å². The highest BCUT2D eigenvalue weighted by Crippen LogP contribution is 2.43. The first-order chi connectivity index (χ1) is 19.1. The molecule has 8 nitrogen and oxygen atoms in total. The van der Waals surface area contributed by atoms with E-state index in [1.165, 1.54) is 12.1 Å². The van der Waals surface area contributed by atoms with Gasteiger partial charge >= 0.3 is 0 Å². The molecule has 192 valence electrons. The number of ether oxygens (including phenoxy) is 1. The highest BCUT2D eigenvalue weighted by Gasteiger charge is 2.42. The van der Waals surface area contributed by atoms with Crippen molar-refractivity contribution in [2.75, 3.05) is 4.90 Å². The summed E-state index contributed by atoms with van der Waals surface area (Å²) in [5, 5.41) is 15.2. The number of non-ortho nitro benzene ring substituents is 1. The molecule has 2 atom stereocenters. The smallest absolute Gasteiger partial charge is 0.270 e. The number of thiocarbonyl (C=S) groups is 1. The van der Waals surface area contributed by atoms with Crippen LogP contribution < -0.4 is 15.0 Å². The molecule has 39 heavy (non-hydrogen) atoms. The monoisotopic (exact) mass is 534 g/mol. The van der Waals surface area contributed by atoms with Gasteiger partial charge in [0.15, 0.2) is 5.11 Å². The van der Waals surface area contributed by atoms with Gasteiger partial charge in [-0.05, 0) is 72.9 Å². The van der Waals surface area contributed by atoms with Crippen LogP contribution in [0.2, 0.25) is 0 Å². The fourth-order valence-corrected chi connectivity index (χ4v) is 5.01. The molecule has 0 bridgehead atoms. The number of anilines is 1. The summed E-state index contributed by atoms with van der Waals surface area (Å²) in [6.45, 7) is 0. The number of aromatic nitrogens is 1. The van der Waals surface area contributed by atoms with Crippen molar-refractivity contribution in [1.29, 1.82) is 0 Å². The normalized spacial score (nSPS) is 16.6. The summed E-state index contributed by atoms with van der Waals surface area (Å²) in [5.41, 5.74) is 2.28. The predicted octanol–water partition coefficient (Wildman–Crippen LogP) is 7.22. The molecular weight excluding hydrogens is 512 g/mol. The number of hydrogen-bond donors (Lipinski definition) is 1. The molecule has 0 aliphatic carbocycles. The fourth-order valence-electron chi connectivity index (χ4n) is 4.66. The van der Waals surface area contributed by atoms with E-state index in [9.17, 15) is 10.1 Å². The maximum absolute atomic E-state index is 11.3. The number of nitro groups is 1. The molecule has 0 amide bonds. The first kappa shape index (κ1) is 24.3. The van der Waals surface area contributed by atoms with Crippen molar-refractivity contribution in [3.63, 3.8) is 0 Å². The van der Waals surface area contributed by atoms with Gasteiger partial charge in [-0.1, -0.05) is 36.4 Å². The van der Waals surface area contributed by atoms with Gasteiger partial charge in [-0.2, -0.15) is 0 Å². The van der Waals surface area contributed by atoms with Crippen molar-refractivity contribution in [1.82, 2.24) is 10.3 Å². The molecular formula is C30H22N4O4S. The SMILES string of the molecule is O=[N+]([O-])c1cccc(-c2ccc([C@H]3[C@H](c4ccccn4)NC(=S)N3c3ccc(Oc4ccccc4)cc3)o2)c1. The summed E-state index contributed by atoms with van der Waals surface area (Å²) in [5.74, 6) is 2.62. The van der Waals surface area contributed by atoms with Gasteiger partial charge in [0.1, 0.15) is 29.1 Å². The van der Waals surface area contributed by atoms with Gasteiger partial charge in [-0.3, -0.25) is 15.1 Å². The molecule has 3 aromatic carbocycles. The molecule has 3 heterocycles. The predicted molar refractivity (Wildman–Crippen MR) is 152 cm³/mol. The van der Waals surface area contributed by atoms with Crippen molar-refractivity contribution in [2.45, 2.75) is 12.1 Å². The Morgan fingerprint density at radius 1 is 0.897 bits per heavy atom. The van der Waals surface area contributed by atoms with E-state index >= 15 is 0 Å². The van der Waals surface area contributed by atoms with Crippen LogP contribution in [0.3, 0.4) is 0 Å². The lowest BCUT2D eigenvalue weighted by atomic mass is 10.0. The number of nitro benzene ring substituents is 1. The number of rotatable bonds is 7. The lowest BCUT2D eigenvalue weighted by molar-refractivity contribution is -0.384. The standard InChI is InChI=1S/C30H22N4O4S/c35-34(36)22-8-6-7-20(19-22)26-16-17-27(38-26)29-28(25-11-4-5-18-31-25)32-30(39)33(29)21-12-14-24(15-13-21)37-23-9-2-1-3-10-23/h1-19,28-29H,(H,32,39)/t28-,29-/m0/s1. The number of para-hydroxylation sites is 1. The van der Waals surface area contributed by atoms with Crippen molar-refractivity contribution >= 4 is 28.7 Å². The van der Waals surface area contributed by atoms with Crippen molar-refractivity contribution in [3.8, 4) is 22.8 Å². The summed E-state index contributed by atoms with van der Waals surface area (Å²) in [6.07, 6.45) is 1.74. The number of pyridine rings is 1. The number of furan rings is 1. The van der Waals surface area contributed by atoms with Gasteiger partial charge in [0, 0.05) is 29.6 Å². The third kappa shape index (κ3) is 4.95. The number of nitrogens with zero attached hydrogens (tertiary/aromatic N) is 3. The quantitative estimate of drug-likeness (QED) is 0.133. The van der Waals surface area contributed by atoms with Crippen LogP contribution in [0, 0.1) is 10.1 Å². The Bertz CT molecular complexity index is 1620. The summed E-state index contributed by atoms with van der Waals surface area (Å²) in [7, 11) is 0. The molecule has 9 heteroatoms. The maximum Gasteiger partial charge on any atom is 0.270 e. The zero-order valence-corrected chi connectivity index (χ0v) is 21.3. The third-order valence-electron chi connectivity index (χ3n) is 6.45. The number of benzene rings is 3. The second-order valence-corrected chi connectivity index (χ2v) is 9.30. The minimum Gasteiger partial charge on any atom is -0.459 e. The zero-order chi connectivity index (χ0) is 26.8. The molecule has 1 saturated heterocycles. The largest absolute Gasteiger partial charge is 0.459 e. The molecule has 0 unspecified atom stereocenters. The van der Waals surface area contributed by atoms with Crippen LogP contribution in [0.15, 0.2) is 120 Å². The van der Waals surface area contributed by atoms with Crippen LogP contribution in [0.5, 0.6) is 11.5 Å². The second-order valence-electron chi connectivity index (χ2n) is 8.92. The Kier molecular flexibility index (Phi) is 6.48. The van der Waals surface area contributed by atoms with Crippen molar-refractivity contribution in [3.05, 3.63) is 137 Å². The summed E-state index contributed by atoms with van der Waals surface area (Å²) in [6, 6.07) is 32.4. The van der Waals surface area contributed by atoms with E-state index < -0.39 is 4.92 Å². The Labute approximate surface area is 229 Å². The van der Waals surface area contributed by atoms with Crippen LogP contribution >= 0.6 is 12.2 Å². The van der Waals surface area contributed by atoms with Crippen molar-refractivity contribution < 1.29 is 14.1 Å². The number of nitrogens with one attached hydrogen (secondary N) is 1. The Morgan fingerprint density at radius 2 is 1.67 bits per heavy atom. The zero-order valence-electron chi connectivity index (χ0n) is 20.5. The highest BCUT2D eigenvalue weighted by molar-refractivity contribution is 7.80. The Hall–Kier alpha value is -5.02. The van der Waals surface area contributed by atoms with Crippen LogP contribution in [-0.2, 0) is 0 Å². The molecule has 0 saturated carbocycles. The third-order valence-corrected chi connectivity index (χ3v) is 6.77. The molecule has 1 N–H and O–H groups in total. The van der Waals surface area contributed by atoms with Gasteiger partial charge in [-0.25, -0.2) is 0 Å². The molecule has 0 radical (unpaired) electrons. The van der Waals surface area contributed by atoms with Crippen LogP contribution in [0.1, 0.15) is 23.5 Å². The van der Waals surface area contributed by atoms with E-state index in [4.69, 9.17) is 21.4 Å². The fraction of sp³-hybridized carbons (Fsp3) is 0.0667. The minimum atomic E-state index is -0.420. The molecule has 1 fully saturated rings. The van der Waals surface area contributed by atoms with E-state index in [1.54, 1.807) is 18.3 Å². The van der Waals surface area contributed by atoms with E-state index in [-0.39, 0.29) is 17.8 Å². The molecule has 2 aromatic heterocycles. The van der Waals surface area contributed by atoms with E-state index in [0.717, 1.165) is 17.1 Å². The van der Waals surface area contributed by atoms with Crippen LogP contribution in [0.4, 0.5) is 11.4 Å². The Morgan fingerprint density at radius 3 is 2.41 bits per heavy atom. The molecule has 1 aliphatic heterocycles. The minimum absolute atomic E-state index is 0.0000362. The van der Waals surface area contributed by atoms with E-state index in [0.29, 0.717) is 27.9 Å². The second kappa shape index (κ2) is 10.4. The van der Waals surface area contributed by atoms with E-state index in [2.05, 4.69) is 10.3 Å². The van der Waals surface area contributed by atoms with E-state index in [1.807, 2.05) is 89.8 Å². The van der Waals surface area contributed by atoms with Gasteiger partial charge in [0.25, 0.3) is 5.69 Å². The first-order valence-corrected chi connectivity index (χ1v) is 12.7. The topological polar surface area (TPSA) is 93.7 Å². The average Bonchev–Trinajstić information content (AvgIpc) is 3.59. The van der Waals surface area contributed by atoms with Gasteiger partial charge in [0.05, 0.1) is 16.7 Å². The van der Waals surface area contributed by atoms with Gasteiger partial charge in [-0.15, -0.1) is 0 Å². The lowest BCUT2D eigenvalue weighted by Gasteiger charge is -2.26. The number of hydrogen-bond acceptors (Lipinski definition) is 6. The maximum atomic E-state index is 11.3. The highest BCUT2D eigenvalue weighted by atomic mass is 32.1. The van der Waals surface area contributed by atoms with Gasteiger partial charge in [0.2, 0.25) is 0 Å². The average molecular weight is 535 g/mol. The summed E-state index contributed by atoms with van der Waals surface area (Å²) < 4.78 is 12.3. The summed E-state index contributed by atoms with van der Waals surface area (Å²) >= 11 is 5.80.